The molecule has 0 aliphatic rings. The second-order valence-corrected chi connectivity index (χ2v) is 6.58. The molecule has 1 amide bonds. The van der Waals surface area contributed by atoms with E-state index in [-0.39, 0.29) is 12.5 Å². The van der Waals surface area contributed by atoms with E-state index >= 15 is 0 Å². The molecular weight excluding hydrogens is 334 g/mol. The first-order chi connectivity index (χ1) is 9.78. The van der Waals surface area contributed by atoms with Crippen molar-refractivity contribution in [1.82, 2.24) is 5.32 Å². The van der Waals surface area contributed by atoms with Gasteiger partial charge in [-0.2, -0.15) is 0 Å². The Labute approximate surface area is 134 Å². The van der Waals surface area contributed by atoms with Crippen molar-refractivity contribution in [3.05, 3.63) is 34.3 Å². The van der Waals surface area contributed by atoms with E-state index in [2.05, 4.69) is 21.2 Å². The van der Waals surface area contributed by atoms with Crippen molar-refractivity contribution in [2.24, 2.45) is 5.92 Å². The van der Waals surface area contributed by atoms with Crippen LogP contribution >= 0.6 is 15.9 Å². The summed E-state index contributed by atoms with van der Waals surface area (Å²) in [5.74, 6) is -1.55. The Morgan fingerprint density at radius 2 is 1.86 bits per heavy atom. The molecule has 1 aromatic carbocycles. The number of hydrogen-bond donors (Lipinski definition) is 2. The van der Waals surface area contributed by atoms with Crippen molar-refractivity contribution >= 4 is 27.8 Å². The van der Waals surface area contributed by atoms with Crippen LogP contribution in [0.4, 0.5) is 0 Å². The smallest absolute Gasteiger partial charge is 0.308 e. The Bertz CT molecular complexity index is 497. The van der Waals surface area contributed by atoms with Crippen LogP contribution < -0.4 is 5.32 Å². The van der Waals surface area contributed by atoms with Gasteiger partial charge in [0, 0.05) is 11.0 Å². The lowest BCUT2D eigenvalue weighted by Gasteiger charge is -2.25. The largest absolute Gasteiger partial charge is 0.481 e. The lowest BCUT2D eigenvalue weighted by Crippen LogP contribution is -2.43. The van der Waals surface area contributed by atoms with Crippen LogP contribution in [0.25, 0.3) is 0 Å². The molecule has 21 heavy (non-hydrogen) atoms. The van der Waals surface area contributed by atoms with Gasteiger partial charge in [0.25, 0.3) is 0 Å². The topological polar surface area (TPSA) is 66.4 Å². The van der Waals surface area contributed by atoms with E-state index in [1.54, 1.807) is 0 Å². The fraction of sp³-hybridized carbons (Fsp3) is 0.500. The molecule has 1 atom stereocenters. The van der Waals surface area contributed by atoms with Gasteiger partial charge < -0.3 is 10.4 Å². The predicted octanol–water partition coefficient (Wildman–Crippen LogP) is 3.34. The molecule has 0 spiro atoms. The summed E-state index contributed by atoms with van der Waals surface area (Å²) in [7, 11) is 0. The van der Waals surface area contributed by atoms with E-state index in [1.807, 2.05) is 45.0 Å². The maximum absolute atomic E-state index is 12.4. The minimum absolute atomic E-state index is 0.160. The highest BCUT2D eigenvalue weighted by Gasteiger charge is 2.30. The third-order valence-electron chi connectivity index (χ3n) is 3.63. The van der Waals surface area contributed by atoms with Gasteiger partial charge in [0.15, 0.2) is 0 Å². The molecule has 0 saturated carbocycles. The molecule has 5 heteroatoms. The van der Waals surface area contributed by atoms with Crippen LogP contribution in [-0.4, -0.2) is 23.5 Å². The number of carbonyl (C=O) groups is 2. The van der Waals surface area contributed by atoms with E-state index in [9.17, 15) is 9.59 Å². The zero-order valence-corrected chi connectivity index (χ0v) is 14.2. The Kier molecular flexibility index (Phi) is 6.40. The van der Waals surface area contributed by atoms with Crippen molar-refractivity contribution < 1.29 is 14.7 Å². The number of benzene rings is 1. The molecular formula is C16H22BrNO3. The van der Waals surface area contributed by atoms with Gasteiger partial charge in [-0.25, -0.2) is 0 Å². The summed E-state index contributed by atoms with van der Waals surface area (Å²) in [6.07, 6.45) is 1.34. The molecule has 0 saturated heterocycles. The van der Waals surface area contributed by atoms with Crippen LogP contribution in [0.5, 0.6) is 0 Å². The summed E-state index contributed by atoms with van der Waals surface area (Å²) >= 11 is 3.37. The van der Waals surface area contributed by atoms with Gasteiger partial charge in [-0.05, 0) is 38.0 Å². The SMILES string of the molecule is CCCC(CNC(=O)C(C)(C)c1ccc(Br)cc1)C(=O)O. The summed E-state index contributed by atoms with van der Waals surface area (Å²) in [6, 6.07) is 7.57. The molecule has 0 bridgehead atoms. The molecule has 116 valence electrons. The molecule has 0 aliphatic heterocycles. The van der Waals surface area contributed by atoms with Gasteiger partial charge in [-0.15, -0.1) is 0 Å². The standard InChI is InChI=1S/C16H22BrNO3/c1-4-5-11(14(19)20)10-18-15(21)16(2,3)12-6-8-13(17)9-7-12/h6-9,11H,4-5,10H2,1-3H3,(H,18,21)(H,19,20). The van der Waals surface area contributed by atoms with Crippen LogP contribution in [0.2, 0.25) is 0 Å². The summed E-state index contributed by atoms with van der Waals surface area (Å²) in [4.78, 5) is 23.5. The fourth-order valence-corrected chi connectivity index (χ4v) is 2.36. The number of aliphatic carboxylic acids is 1. The average molecular weight is 356 g/mol. The molecule has 0 heterocycles. The minimum atomic E-state index is -0.862. The van der Waals surface area contributed by atoms with Gasteiger partial charge in [-0.3, -0.25) is 9.59 Å². The zero-order valence-electron chi connectivity index (χ0n) is 12.6. The van der Waals surface area contributed by atoms with Crippen molar-refractivity contribution in [3.63, 3.8) is 0 Å². The molecule has 1 aromatic rings. The maximum Gasteiger partial charge on any atom is 0.308 e. The molecule has 2 N–H and O–H groups in total. The number of rotatable bonds is 7. The van der Waals surface area contributed by atoms with Gasteiger partial charge in [0.2, 0.25) is 5.91 Å². The van der Waals surface area contributed by atoms with Crippen molar-refractivity contribution in [3.8, 4) is 0 Å². The van der Waals surface area contributed by atoms with E-state index in [0.29, 0.717) is 6.42 Å². The second-order valence-electron chi connectivity index (χ2n) is 5.67. The molecule has 1 unspecified atom stereocenters. The van der Waals surface area contributed by atoms with Crippen molar-refractivity contribution in [2.75, 3.05) is 6.54 Å². The Balaban J connectivity index is 2.73. The minimum Gasteiger partial charge on any atom is -0.481 e. The molecule has 4 nitrogen and oxygen atoms in total. The third-order valence-corrected chi connectivity index (χ3v) is 4.16. The molecule has 0 aliphatic carbocycles. The van der Waals surface area contributed by atoms with Crippen molar-refractivity contribution in [1.29, 1.82) is 0 Å². The summed E-state index contributed by atoms with van der Waals surface area (Å²) in [5, 5.41) is 11.9. The number of carboxylic acids is 1. The second kappa shape index (κ2) is 7.59. The van der Waals surface area contributed by atoms with Crippen LogP contribution in [0, 0.1) is 5.92 Å². The number of carboxylic acid groups (broad SMARTS) is 1. The fourth-order valence-electron chi connectivity index (χ4n) is 2.10. The van der Waals surface area contributed by atoms with Crippen LogP contribution in [0.15, 0.2) is 28.7 Å². The number of hydrogen-bond acceptors (Lipinski definition) is 2. The quantitative estimate of drug-likeness (QED) is 0.788. The number of amides is 1. The highest BCUT2D eigenvalue weighted by molar-refractivity contribution is 9.10. The van der Waals surface area contributed by atoms with Gasteiger partial charge in [0.05, 0.1) is 11.3 Å². The monoisotopic (exact) mass is 355 g/mol. The first kappa shape index (κ1) is 17.7. The van der Waals surface area contributed by atoms with E-state index < -0.39 is 17.3 Å². The highest BCUT2D eigenvalue weighted by Crippen LogP contribution is 2.25. The van der Waals surface area contributed by atoms with Gasteiger partial charge in [0.1, 0.15) is 0 Å². The van der Waals surface area contributed by atoms with Gasteiger partial charge >= 0.3 is 5.97 Å². The van der Waals surface area contributed by atoms with E-state index in [0.717, 1.165) is 16.5 Å². The molecule has 0 aromatic heterocycles. The third kappa shape index (κ3) is 4.84. The molecule has 1 rings (SSSR count). The van der Waals surface area contributed by atoms with Crippen LogP contribution in [0.1, 0.15) is 39.2 Å². The average Bonchev–Trinajstić information content (AvgIpc) is 2.43. The predicted molar refractivity (Wildman–Crippen MR) is 86.2 cm³/mol. The summed E-state index contributed by atoms with van der Waals surface area (Å²) in [6.45, 7) is 5.77. The number of carbonyl (C=O) groups excluding carboxylic acids is 1. The number of halogens is 1. The first-order valence-electron chi connectivity index (χ1n) is 7.06. The molecule has 0 fully saturated rings. The Morgan fingerprint density at radius 1 is 1.29 bits per heavy atom. The zero-order chi connectivity index (χ0) is 16.0. The molecule has 0 radical (unpaired) electrons. The van der Waals surface area contributed by atoms with Crippen LogP contribution in [0.3, 0.4) is 0 Å². The number of nitrogens with one attached hydrogen (secondary N) is 1. The Hall–Kier alpha value is -1.36. The van der Waals surface area contributed by atoms with Crippen LogP contribution in [-0.2, 0) is 15.0 Å². The summed E-state index contributed by atoms with van der Waals surface area (Å²) in [5.41, 5.74) is 0.196. The van der Waals surface area contributed by atoms with E-state index in [4.69, 9.17) is 5.11 Å². The summed E-state index contributed by atoms with van der Waals surface area (Å²) < 4.78 is 0.955. The van der Waals surface area contributed by atoms with E-state index in [1.165, 1.54) is 0 Å². The maximum atomic E-state index is 12.4. The normalized spacial score (nSPS) is 12.8. The van der Waals surface area contributed by atoms with Gasteiger partial charge in [-0.1, -0.05) is 41.4 Å². The lowest BCUT2D eigenvalue weighted by molar-refractivity contribution is -0.142. The Morgan fingerprint density at radius 3 is 2.33 bits per heavy atom. The van der Waals surface area contributed by atoms with Crippen molar-refractivity contribution in [2.45, 2.75) is 39.0 Å². The highest BCUT2D eigenvalue weighted by atomic mass is 79.9. The first-order valence-corrected chi connectivity index (χ1v) is 7.85. The lowest BCUT2D eigenvalue weighted by atomic mass is 9.83.